The second-order valence-corrected chi connectivity index (χ2v) is 7.72. The van der Waals surface area contributed by atoms with Crippen molar-refractivity contribution in [2.45, 2.75) is 51.7 Å². The number of rotatable bonds is 6. The number of anilines is 1. The molecule has 2 aromatic rings. The van der Waals surface area contributed by atoms with Crippen LogP contribution in [-0.4, -0.2) is 35.5 Å². The molecule has 0 spiro atoms. The van der Waals surface area contributed by atoms with Gasteiger partial charge in [-0.15, -0.1) is 0 Å². The molecule has 1 aliphatic heterocycles. The number of aryl methyl sites for hydroxylation is 1. The van der Waals surface area contributed by atoms with Crippen molar-refractivity contribution in [3.05, 3.63) is 54.0 Å². The number of furan rings is 1. The van der Waals surface area contributed by atoms with Gasteiger partial charge in [0.2, 0.25) is 5.91 Å². The third-order valence-electron chi connectivity index (χ3n) is 4.96. The van der Waals surface area contributed by atoms with E-state index in [0.717, 1.165) is 43.9 Å². The molecule has 2 heterocycles. The van der Waals surface area contributed by atoms with E-state index in [1.54, 1.807) is 6.26 Å². The molecule has 2 N–H and O–H groups in total. The van der Waals surface area contributed by atoms with Crippen LogP contribution in [-0.2, 0) is 11.3 Å². The van der Waals surface area contributed by atoms with Gasteiger partial charge >= 0.3 is 0 Å². The van der Waals surface area contributed by atoms with Crippen molar-refractivity contribution in [2.24, 2.45) is 0 Å². The zero-order chi connectivity index (χ0) is 18.6. The van der Waals surface area contributed by atoms with Gasteiger partial charge in [0.05, 0.1) is 12.8 Å². The van der Waals surface area contributed by atoms with Crippen LogP contribution >= 0.6 is 0 Å². The van der Waals surface area contributed by atoms with Crippen molar-refractivity contribution < 1.29 is 9.21 Å². The predicted molar refractivity (Wildman–Crippen MR) is 104 cm³/mol. The van der Waals surface area contributed by atoms with Crippen LogP contribution in [0.3, 0.4) is 0 Å². The van der Waals surface area contributed by atoms with Gasteiger partial charge in [0.25, 0.3) is 0 Å². The molecule has 1 aliphatic rings. The summed E-state index contributed by atoms with van der Waals surface area (Å²) in [6.45, 7) is 8.69. The van der Waals surface area contributed by atoms with E-state index >= 15 is 0 Å². The van der Waals surface area contributed by atoms with Crippen LogP contribution in [0.25, 0.3) is 0 Å². The molecule has 0 bridgehead atoms. The van der Waals surface area contributed by atoms with Crippen molar-refractivity contribution in [3.8, 4) is 0 Å². The zero-order valence-corrected chi connectivity index (χ0v) is 15.9. The molecule has 1 aromatic carbocycles. The second kappa shape index (κ2) is 7.96. The Morgan fingerprint density at radius 3 is 2.50 bits per heavy atom. The number of carbonyl (C=O) groups is 1. The monoisotopic (exact) mass is 355 g/mol. The van der Waals surface area contributed by atoms with Crippen LogP contribution in [0.1, 0.15) is 38.0 Å². The molecule has 0 unspecified atom stereocenters. The van der Waals surface area contributed by atoms with Gasteiger partial charge in [0.15, 0.2) is 0 Å². The lowest BCUT2D eigenvalue weighted by molar-refractivity contribution is -0.125. The Bertz CT molecular complexity index is 699. The van der Waals surface area contributed by atoms with Crippen molar-refractivity contribution in [1.82, 2.24) is 10.2 Å². The normalized spacial score (nSPS) is 16.4. The maximum absolute atomic E-state index is 12.7. The highest BCUT2D eigenvalue weighted by Crippen LogP contribution is 2.18. The first-order valence-corrected chi connectivity index (χ1v) is 9.33. The number of hydrogen-bond acceptors (Lipinski definition) is 4. The highest BCUT2D eigenvalue weighted by Gasteiger charge is 2.30. The lowest BCUT2D eigenvalue weighted by Crippen LogP contribution is -2.53. The standard InChI is InChI=1S/C21H29N3O2/c1-16-6-8-18(9-7-16)23-21(2,3)20(25)22-17-10-12-24(13-11-17)15-19-5-4-14-26-19/h4-9,14,17,23H,10-13,15H2,1-3H3,(H,22,25). The Labute approximate surface area is 155 Å². The Balaban J connectivity index is 1.47. The third-order valence-corrected chi connectivity index (χ3v) is 4.96. The largest absolute Gasteiger partial charge is 0.468 e. The van der Waals surface area contributed by atoms with Crippen molar-refractivity contribution in [3.63, 3.8) is 0 Å². The van der Waals surface area contributed by atoms with Crippen LogP contribution in [0.4, 0.5) is 5.69 Å². The molecule has 1 amide bonds. The summed E-state index contributed by atoms with van der Waals surface area (Å²) < 4.78 is 5.42. The first-order valence-electron chi connectivity index (χ1n) is 9.33. The molecule has 0 atom stereocenters. The summed E-state index contributed by atoms with van der Waals surface area (Å²) in [5, 5.41) is 6.56. The van der Waals surface area contributed by atoms with E-state index < -0.39 is 5.54 Å². The van der Waals surface area contributed by atoms with E-state index in [0.29, 0.717) is 0 Å². The molecule has 0 radical (unpaired) electrons. The number of piperidine rings is 1. The van der Waals surface area contributed by atoms with Crippen molar-refractivity contribution >= 4 is 11.6 Å². The average molecular weight is 355 g/mol. The highest BCUT2D eigenvalue weighted by molar-refractivity contribution is 5.88. The summed E-state index contributed by atoms with van der Waals surface area (Å²) in [7, 11) is 0. The van der Waals surface area contributed by atoms with E-state index in [9.17, 15) is 4.79 Å². The first kappa shape index (κ1) is 18.5. The minimum atomic E-state index is -0.652. The predicted octanol–water partition coefficient (Wildman–Crippen LogP) is 3.56. The minimum absolute atomic E-state index is 0.0440. The Kier molecular flexibility index (Phi) is 5.67. The number of amides is 1. The van der Waals surface area contributed by atoms with Crippen molar-refractivity contribution in [1.29, 1.82) is 0 Å². The summed E-state index contributed by atoms with van der Waals surface area (Å²) in [6, 6.07) is 12.3. The molecule has 26 heavy (non-hydrogen) atoms. The second-order valence-electron chi connectivity index (χ2n) is 7.72. The number of nitrogens with zero attached hydrogens (tertiary/aromatic N) is 1. The van der Waals surface area contributed by atoms with Crippen LogP contribution in [0.5, 0.6) is 0 Å². The van der Waals surface area contributed by atoms with E-state index in [-0.39, 0.29) is 11.9 Å². The fraction of sp³-hybridized carbons (Fsp3) is 0.476. The average Bonchev–Trinajstić information content (AvgIpc) is 3.11. The molecule has 1 fully saturated rings. The highest BCUT2D eigenvalue weighted by atomic mass is 16.3. The molecule has 0 saturated carbocycles. The van der Waals surface area contributed by atoms with Crippen molar-refractivity contribution in [2.75, 3.05) is 18.4 Å². The van der Waals surface area contributed by atoms with Crippen LogP contribution in [0, 0.1) is 6.92 Å². The quantitative estimate of drug-likeness (QED) is 0.832. The number of hydrogen-bond donors (Lipinski definition) is 2. The van der Waals surface area contributed by atoms with E-state index in [1.807, 2.05) is 50.2 Å². The minimum Gasteiger partial charge on any atom is -0.468 e. The lowest BCUT2D eigenvalue weighted by atomic mass is 9.99. The molecule has 1 aromatic heterocycles. The van der Waals surface area contributed by atoms with Gasteiger partial charge in [-0.25, -0.2) is 0 Å². The fourth-order valence-corrected chi connectivity index (χ4v) is 3.28. The number of nitrogens with one attached hydrogen (secondary N) is 2. The Morgan fingerprint density at radius 1 is 1.19 bits per heavy atom. The maximum Gasteiger partial charge on any atom is 0.245 e. The fourth-order valence-electron chi connectivity index (χ4n) is 3.28. The maximum atomic E-state index is 12.7. The Hall–Kier alpha value is -2.27. The first-order chi connectivity index (χ1) is 12.4. The smallest absolute Gasteiger partial charge is 0.245 e. The van der Waals surface area contributed by atoms with Gasteiger partial charge in [0, 0.05) is 24.8 Å². The summed E-state index contributed by atoms with van der Waals surface area (Å²) in [6.07, 6.45) is 3.64. The molecule has 0 aliphatic carbocycles. The lowest BCUT2D eigenvalue weighted by Gasteiger charge is -2.34. The molecule has 1 saturated heterocycles. The van der Waals surface area contributed by atoms with E-state index in [2.05, 4.69) is 22.5 Å². The summed E-state index contributed by atoms with van der Waals surface area (Å²) in [4.78, 5) is 15.1. The van der Waals surface area contributed by atoms with Crippen LogP contribution in [0.2, 0.25) is 0 Å². The number of carbonyl (C=O) groups excluding carboxylic acids is 1. The van der Waals surface area contributed by atoms with Gasteiger partial charge in [-0.3, -0.25) is 9.69 Å². The molecular formula is C21H29N3O2. The van der Waals surface area contributed by atoms with Gasteiger partial charge in [-0.05, 0) is 57.9 Å². The van der Waals surface area contributed by atoms with E-state index in [4.69, 9.17) is 4.42 Å². The molecule has 3 rings (SSSR count). The van der Waals surface area contributed by atoms with E-state index in [1.165, 1.54) is 5.56 Å². The molecular weight excluding hydrogens is 326 g/mol. The van der Waals surface area contributed by atoms with Gasteiger partial charge < -0.3 is 15.1 Å². The van der Waals surface area contributed by atoms with Crippen LogP contribution < -0.4 is 10.6 Å². The number of likely N-dealkylation sites (tertiary alicyclic amines) is 1. The van der Waals surface area contributed by atoms with Gasteiger partial charge in [0.1, 0.15) is 11.3 Å². The number of benzene rings is 1. The van der Waals surface area contributed by atoms with Gasteiger partial charge in [-0.1, -0.05) is 17.7 Å². The Morgan fingerprint density at radius 2 is 1.88 bits per heavy atom. The molecule has 5 nitrogen and oxygen atoms in total. The SMILES string of the molecule is Cc1ccc(NC(C)(C)C(=O)NC2CCN(Cc3ccco3)CC2)cc1. The third kappa shape index (κ3) is 4.88. The zero-order valence-electron chi connectivity index (χ0n) is 15.9. The molecule has 140 valence electrons. The summed E-state index contributed by atoms with van der Waals surface area (Å²) in [5.74, 6) is 1.04. The molecule has 5 heteroatoms. The summed E-state index contributed by atoms with van der Waals surface area (Å²) in [5.41, 5.74) is 1.52. The topological polar surface area (TPSA) is 57.5 Å². The summed E-state index contributed by atoms with van der Waals surface area (Å²) >= 11 is 0. The van der Waals surface area contributed by atoms with Crippen LogP contribution in [0.15, 0.2) is 47.1 Å². The van der Waals surface area contributed by atoms with Gasteiger partial charge in [-0.2, -0.15) is 0 Å².